The summed E-state index contributed by atoms with van der Waals surface area (Å²) < 4.78 is 0. The zero-order chi connectivity index (χ0) is 15.5. The predicted molar refractivity (Wildman–Crippen MR) is 90.5 cm³/mol. The second-order valence-electron chi connectivity index (χ2n) is 4.36. The van der Waals surface area contributed by atoms with Crippen molar-refractivity contribution in [3.05, 3.63) is 28.5 Å². The van der Waals surface area contributed by atoms with Crippen molar-refractivity contribution < 1.29 is 9.59 Å². The van der Waals surface area contributed by atoms with Crippen molar-refractivity contribution in [2.45, 2.75) is 6.42 Å². The Labute approximate surface area is 138 Å². The van der Waals surface area contributed by atoms with E-state index < -0.39 is 0 Å². The first-order valence-corrected chi connectivity index (χ1v) is 9.00. The highest BCUT2D eigenvalue weighted by Gasteiger charge is 2.20. The molecule has 0 atom stereocenters. The molecule has 1 aliphatic heterocycles. The molecule has 5 nitrogen and oxygen atoms in total. The van der Waals surface area contributed by atoms with Gasteiger partial charge in [-0.15, -0.1) is 34.4 Å². The van der Waals surface area contributed by atoms with Crippen molar-refractivity contribution in [3.8, 4) is 16.5 Å². The van der Waals surface area contributed by atoms with E-state index in [-0.39, 0.29) is 18.2 Å². The topological polar surface area (TPSA) is 82.3 Å². The van der Waals surface area contributed by atoms with Gasteiger partial charge in [0, 0.05) is 15.8 Å². The molecule has 1 aliphatic rings. The van der Waals surface area contributed by atoms with E-state index in [9.17, 15) is 14.9 Å². The Morgan fingerprint density at radius 2 is 2.32 bits per heavy atom. The summed E-state index contributed by atoms with van der Waals surface area (Å²) in [4.78, 5) is 27.8. The highest BCUT2D eigenvalue weighted by molar-refractivity contribution is 8.15. The summed E-state index contributed by atoms with van der Waals surface area (Å²) in [6.07, 6.45) is 0.0630. The number of nitrogens with zero attached hydrogens (tertiary/aromatic N) is 2. The molecule has 8 heteroatoms. The molecule has 2 aromatic heterocycles. The Morgan fingerprint density at radius 1 is 1.45 bits per heavy atom. The molecule has 2 amide bonds. The molecule has 0 radical (unpaired) electrons. The SMILES string of the molecule is N#Cc1c(-c2cccs2)csc1NC(=O)CC1=NC(=O)CS1. The number of amides is 2. The molecule has 0 saturated heterocycles. The largest absolute Gasteiger partial charge is 0.316 e. The average Bonchev–Trinajstić information content (AvgIpc) is 3.19. The van der Waals surface area contributed by atoms with E-state index >= 15 is 0 Å². The molecule has 0 spiro atoms. The molecule has 0 aromatic carbocycles. The predicted octanol–water partition coefficient (Wildman–Crippen LogP) is 3.35. The second-order valence-corrected chi connectivity index (χ2v) is 7.23. The van der Waals surface area contributed by atoms with Crippen LogP contribution in [0.1, 0.15) is 12.0 Å². The highest BCUT2D eigenvalue weighted by atomic mass is 32.2. The van der Waals surface area contributed by atoms with Crippen LogP contribution in [0.5, 0.6) is 0 Å². The van der Waals surface area contributed by atoms with Gasteiger partial charge in [0.2, 0.25) is 5.91 Å². The van der Waals surface area contributed by atoms with Gasteiger partial charge in [-0.25, -0.2) is 4.99 Å². The number of nitriles is 1. The molecule has 22 heavy (non-hydrogen) atoms. The minimum absolute atomic E-state index is 0.0630. The van der Waals surface area contributed by atoms with Gasteiger partial charge in [-0.05, 0) is 11.4 Å². The van der Waals surface area contributed by atoms with Crippen LogP contribution in [0, 0.1) is 11.3 Å². The minimum Gasteiger partial charge on any atom is -0.316 e. The second kappa shape index (κ2) is 6.44. The molecular weight excluding hydrogens is 338 g/mol. The zero-order valence-corrected chi connectivity index (χ0v) is 13.6. The maximum atomic E-state index is 12.0. The number of thiophene rings is 2. The van der Waals surface area contributed by atoms with Gasteiger partial charge in [0.15, 0.2) is 0 Å². The molecule has 2 aromatic rings. The Morgan fingerprint density at radius 3 is 2.95 bits per heavy atom. The van der Waals surface area contributed by atoms with Gasteiger partial charge >= 0.3 is 0 Å². The van der Waals surface area contributed by atoms with E-state index in [2.05, 4.69) is 16.4 Å². The van der Waals surface area contributed by atoms with Crippen molar-refractivity contribution >= 4 is 56.3 Å². The van der Waals surface area contributed by atoms with Crippen LogP contribution in [-0.2, 0) is 9.59 Å². The van der Waals surface area contributed by atoms with Crippen LogP contribution in [0.25, 0.3) is 10.4 Å². The number of hydrogen-bond acceptors (Lipinski definition) is 6. The van der Waals surface area contributed by atoms with Crippen LogP contribution in [-0.4, -0.2) is 22.6 Å². The van der Waals surface area contributed by atoms with Crippen LogP contribution < -0.4 is 5.32 Å². The van der Waals surface area contributed by atoms with E-state index in [1.807, 2.05) is 22.9 Å². The van der Waals surface area contributed by atoms with E-state index in [0.29, 0.717) is 21.4 Å². The van der Waals surface area contributed by atoms with E-state index in [4.69, 9.17) is 0 Å². The normalized spacial score (nSPS) is 13.8. The van der Waals surface area contributed by atoms with Gasteiger partial charge in [0.05, 0.1) is 22.8 Å². The summed E-state index contributed by atoms with van der Waals surface area (Å²) in [6, 6.07) is 6.01. The maximum Gasteiger partial charge on any atom is 0.256 e. The summed E-state index contributed by atoms with van der Waals surface area (Å²) in [5.74, 6) is -0.174. The Bertz CT molecular complexity index is 800. The van der Waals surface area contributed by atoms with Crippen LogP contribution in [0.15, 0.2) is 27.9 Å². The minimum atomic E-state index is -0.267. The molecule has 110 valence electrons. The van der Waals surface area contributed by atoms with Gasteiger partial charge in [-0.1, -0.05) is 6.07 Å². The number of carbonyl (C=O) groups is 2. The van der Waals surface area contributed by atoms with Crippen LogP contribution in [0.4, 0.5) is 5.00 Å². The summed E-state index contributed by atoms with van der Waals surface area (Å²) in [5.41, 5.74) is 1.30. The molecular formula is C14H9N3O2S3. The first-order valence-electron chi connectivity index (χ1n) is 6.26. The number of nitrogens with one attached hydrogen (secondary N) is 1. The van der Waals surface area contributed by atoms with Gasteiger partial charge in [-0.3, -0.25) is 9.59 Å². The fourth-order valence-corrected chi connectivity index (χ4v) is 4.43. The lowest BCUT2D eigenvalue weighted by Crippen LogP contribution is -2.14. The van der Waals surface area contributed by atoms with Gasteiger partial charge < -0.3 is 5.32 Å². The van der Waals surface area contributed by atoms with Crippen molar-refractivity contribution in [1.29, 1.82) is 5.26 Å². The fourth-order valence-electron chi connectivity index (χ4n) is 1.92. The Kier molecular flexibility index (Phi) is 4.38. The number of anilines is 1. The quantitative estimate of drug-likeness (QED) is 0.919. The van der Waals surface area contributed by atoms with Crippen LogP contribution in [0.3, 0.4) is 0 Å². The van der Waals surface area contributed by atoms with Crippen molar-refractivity contribution in [3.63, 3.8) is 0 Å². The molecule has 0 bridgehead atoms. The number of aliphatic imine (C=N–C) groups is 1. The molecule has 0 fully saturated rings. The average molecular weight is 347 g/mol. The third kappa shape index (κ3) is 3.11. The number of hydrogen-bond donors (Lipinski definition) is 1. The summed E-state index contributed by atoms with van der Waals surface area (Å²) in [7, 11) is 0. The van der Waals surface area contributed by atoms with E-state index in [1.54, 1.807) is 11.3 Å². The summed E-state index contributed by atoms with van der Waals surface area (Å²) in [5, 5.41) is 17.0. The van der Waals surface area contributed by atoms with E-state index in [0.717, 1.165) is 10.4 Å². The lowest BCUT2D eigenvalue weighted by molar-refractivity contribution is -0.115. The standard InChI is InChI=1S/C14H9N3O2S3/c15-5-8-9(10-2-1-3-20-10)6-22-14(8)17-11(18)4-13-16-12(19)7-21-13/h1-3,6H,4,7H2,(H,17,18). The zero-order valence-electron chi connectivity index (χ0n) is 11.2. The van der Waals surface area contributed by atoms with Crippen molar-refractivity contribution in [2.24, 2.45) is 4.99 Å². The van der Waals surface area contributed by atoms with Gasteiger partial charge in [0.1, 0.15) is 11.1 Å². The third-order valence-corrected chi connectivity index (χ3v) is 5.62. The summed E-state index contributed by atoms with van der Waals surface area (Å²) >= 11 is 4.15. The Balaban J connectivity index is 1.76. The molecule has 0 unspecified atom stereocenters. The molecule has 3 rings (SSSR count). The first kappa shape index (κ1) is 15.0. The smallest absolute Gasteiger partial charge is 0.256 e. The highest BCUT2D eigenvalue weighted by Crippen LogP contribution is 2.37. The molecule has 3 heterocycles. The van der Waals surface area contributed by atoms with E-state index in [1.165, 1.54) is 23.1 Å². The van der Waals surface area contributed by atoms with Gasteiger partial charge in [0.25, 0.3) is 5.91 Å². The number of thioether (sulfide) groups is 1. The molecule has 0 aliphatic carbocycles. The molecule has 1 N–H and O–H groups in total. The fraction of sp³-hybridized carbons (Fsp3) is 0.143. The number of rotatable bonds is 4. The van der Waals surface area contributed by atoms with Crippen molar-refractivity contribution in [1.82, 2.24) is 0 Å². The lowest BCUT2D eigenvalue weighted by atomic mass is 10.1. The van der Waals surface area contributed by atoms with Crippen molar-refractivity contribution in [2.75, 3.05) is 11.1 Å². The first-order chi connectivity index (χ1) is 10.7. The van der Waals surface area contributed by atoms with Crippen LogP contribution in [0.2, 0.25) is 0 Å². The van der Waals surface area contributed by atoms with Gasteiger partial charge in [-0.2, -0.15) is 5.26 Å². The maximum absolute atomic E-state index is 12.0. The lowest BCUT2D eigenvalue weighted by Gasteiger charge is -2.03. The summed E-state index contributed by atoms with van der Waals surface area (Å²) in [6.45, 7) is 0. The Hall–Kier alpha value is -1.95. The number of carbonyl (C=O) groups excluding carboxylic acids is 2. The monoisotopic (exact) mass is 347 g/mol. The molecule has 0 saturated carbocycles. The third-order valence-electron chi connectivity index (χ3n) is 2.87. The van der Waals surface area contributed by atoms with Crippen LogP contribution >= 0.6 is 34.4 Å².